The Morgan fingerprint density at radius 1 is 1.35 bits per heavy atom. The van der Waals surface area contributed by atoms with Gasteiger partial charge in [0, 0.05) is 11.7 Å². The fourth-order valence-electron chi connectivity index (χ4n) is 2.25. The zero-order valence-corrected chi connectivity index (χ0v) is 14.1. The second-order valence-electron chi connectivity index (χ2n) is 5.37. The van der Waals surface area contributed by atoms with E-state index >= 15 is 0 Å². The zero-order chi connectivity index (χ0) is 17.0. The molecule has 5 nitrogen and oxygen atoms in total. The van der Waals surface area contributed by atoms with Crippen molar-refractivity contribution in [2.24, 2.45) is 0 Å². The number of benzene rings is 1. The van der Waals surface area contributed by atoms with E-state index in [9.17, 15) is 14.7 Å². The lowest BCUT2D eigenvalue weighted by Gasteiger charge is -2.14. The molecule has 3 unspecified atom stereocenters. The molecule has 6 heteroatoms. The smallest absolute Gasteiger partial charge is 0.346 e. The molecule has 0 saturated carbocycles. The van der Waals surface area contributed by atoms with Crippen LogP contribution in [0.2, 0.25) is 0 Å². The SMILES string of the molecule is CSC(C)CC1OC(=O)C(C(=O)C(C)Oc2ccccc2)=C1O. The van der Waals surface area contributed by atoms with Crippen LogP contribution >= 0.6 is 11.8 Å². The van der Waals surface area contributed by atoms with E-state index in [0.717, 1.165) is 0 Å². The van der Waals surface area contributed by atoms with Crippen LogP contribution in [-0.4, -0.2) is 40.6 Å². The van der Waals surface area contributed by atoms with Crippen LogP contribution in [0.15, 0.2) is 41.7 Å². The molecular weight excluding hydrogens is 316 g/mol. The molecule has 3 atom stereocenters. The van der Waals surface area contributed by atoms with Crippen molar-refractivity contribution >= 4 is 23.5 Å². The van der Waals surface area contributed by atoms with Gasteiger partial charge in [-0.2, -0.15) is 11.8 Å². The summed E-state index contributed by atoms with van der Waals surface area (Å²) < 4.78 is 10.6. The first kappa shape index (κ1) is 17.4. The number of carbonyl (C=O) groups is 2. The Kier molecular flexibility index (Phi) is 5.71. The standard InChI is InChI=1S/C17H20O5S/c1-10(23-3)9-13-16(19)14(17(20)22-13)15(18)11(2)21-12-7-5-4-6-8-12/h4-8,10-11,13,19H,9H2,1-3H3. The molecule has 0 aliphatic carbocycles. The van der Waals surface area contributed by atoms with E-state index in [2.05, 4.69) is 0 Å². The number of aliphatic hydroxyl groups excluding tert-OH is 1. The lowest BCUT2D eigenvalue weighted by Crippen LogP contribution is -2.28. The normalized spacial score (nSPS) is 20.1. The van der Waals surface area contributed by atoms with Gasteiger partial charge in [-0.25, -0.2) is 4.79 Å². The van der Waals surface area contributed by atoms with Crippen LogP contribution in [0.5, 0.6) is 5.75 Å². The van der Waals surface area contributed by atoms with Crippen LogP contribution in [0.4, 0.5) is 0 Å². The molecule has 1 aromatic rings. The number of hydrogen-bond donors (Lipinski definition) is 1. The van der Waals surface area contributed by atoms with E-state index < -0.39 is 24.0 Å². The Balaban J connectivity index is 2.11. The number of para-hydroxylation sites is 1. The van der Waals surface area contributed by atoms with Crippen molar-refractivity contribution < 1.29 is 24.2 Å². The number of carbonyl (C=O) groups excluding carboxylic acids is 2. The summed E-state index contributed by atoms with van der Waals surface area (Å²) in [5.41, 5.74) is -0.299. The fourth-order valence-corrected chi connectivity index (χ4v) is 2.62. The molecule has 0 bridgehead atoms. The van der Waals surface area contributed by atoms with E-state index in [1.165, 1.54) is 0 Å². The highest BCUT2D eigenvalue weighted by Crippen LogP contribution is 2.28. The number of aliphatic hydroxyl groups is 1. The van der Waals surface area contributed by atoms with Crippen molar-refractivity contribution in [2.45, 2.75) is 37.7 Å². The van der Waals surface area contributed by atoms with Crippen molar-refractivity contribution in [1.82, 2.24) is 0 Å². The second kappa shape index (κ2) is 7.55. The van der Waals surface area contributed by atoms with Crippen LogP contribution in [0, 0.1) is 0 Å². The van der Waals surface area contributed by atoms with Gasteiger partial charge in [-0.15, -0.1) is 0 Å². The Bertz CT molecular complexity index is 611. The third-order valence-corrected chi connectivity index (χ3v) is 4.63. The summed E-state index contributed by atoms with van der Waals surface area (Å²) in [4.78, 5) is 24.4. The molecular formula is C17H20O5S. The third kappa shape index (κ3) is 4.07. The summed E-state index contributed by atoms with van der Waals surface area (Å²) in [6.45, 7) is 3.51. The van der Waals surface area contributed by atoms with E-state index in [0.29, 0.717) is 12.2 Å². The van der Waals surface area contributed by atoms with Crippen molar-refractivity contribution in [3.8, 4) is 5.75 Å². The number of rotatable bonds is 7. The fraction of sp³-hybridized carbons (Fsp3) is 0.412. The average molecular weight is 336 g/mol. The Morgan fingerprint density at radius 2 is 2.00 bits per heavy atom. The lowest BCUT2D eigenvalue weighted by molar-refractivity contribution is -0.141. The molecule has 0 spiro atoms. The van der Waals surface area contributed by atoms with E-state index in [4.69, 9.17) is 9.47 Å². The topological polar surface area (TPSA) is 72.8 Å². The highest BCUT2D eigenvalue weighted by atomic mass is 32.2. The second-order valence-corrected chi connectivity index (χ2v) is 6.65. The Hall–Kier alpha value is -1.95. The minimum atomic E-state index is -0.890. The maximum Gasteiger partial charge on any atom is 0.346 e. The number of Topliss-reactive ketones (excluding diaryl/α,β-unsaturated/α-hetero) is 1. The van der Waals surface area contributed by atoms with Gasteiger partial charge in [0.25, 0.3) is 0 Å². The number of ether oxygens (including phenoxy) is 2. The first-order valence-corrected chi connectivity index (χ1v) is 8.65. The van der Waals surface area contributed by atoms with Gasteiger partial charge in [-0.1, -0.05) is 25.1 Å². The quantitative estimate of drug-likeness (QED) is 0.610. The van der Waals surface area contributed by atoms with Gasteiger partial charge in [0.05, 0.1) is 0 Å². The van der Waals surface area contributed by atoms with Crippen LogP contribution < -0.4 is 4.74 Å². The summed E-state index contributed by atoms with van der Waals surface area (Å²) >= 11 is 1.60. The van der Waals surface area contributed by atoms with Gasteiger partial charge < -0.3 is 14.6 Å². The summed E-state index contributed by atoms with van der Waals surface area (Å²) in [6.07, 6.45) is 0.750. The van der Waals surface area contributed by atoms with E-state index in [1.54, 1.807) is 43.0 Å². The van der Waals surface area contributed by atoms with Crippen LogP contribution in [0.1, 0.15) is 20.3 Å². The number of esters is 1. The van der Waals surface area contributed by atoms with Crippen molar-refractivity contribution in [1.29, 1.82) is 0 Å². The van der Waals surface area contributed by atoms with Gasteiger partial charge in [-0.05, 0) is 25.3 Å². The van der Waals surface area contributed by atoms with Gasteiger partial charge >= 0.3 is 5.97 Å². The molecule has 2 rings (SSSR count). The minimum absolute atomic E-state index is 0.197. The molecule has 1 aliphatic rings. The van der Waals surface area contributed by atoms with Crippen LogP contribution in [0.25, 0.3) is 0 Å². The van der Waals surface area contributed by atoms with E-state index in [1.807, 2.05) is 19.2 Å². The predicted molar refractivity (Wildman–Crippen MR) is 88.7 cm³/mol. The highest BCUT2D eigenvalue weighted by Gasteiger charge is 2.40. The average Bonchev–Trinajstić information content (AvgIpc) is 2.81. The van der Waals surface area contributed by atoms with Crippen LogP contribution in [0.3, 0.4) is 0 Å². The first-order valence-electron chi connectivity index (χ1n) is 7.36. The Labute approximate surface area is 139 Å². The van der Waals surface area contributed by atoms with Crippen molar-refractivity contribution in [3.63, 3.8) is 0 Å². The number of cyclic esters (lactones) is 1. The first-order chi connectivity index (χ1) is 10.9. The molecule has 0 fully saturated rings. The van der Waals surface area contributed by atoms with Gasteiger partial charge in [0.1, 0.15) is 11.3 Å². The maximum absolute atomic E-state index is 12.4. The van der Waals surface area contributed by atoms with Crippen molar-refractivity contribution in [2.75, 3.05) is 6.26 Å². The number of ketones is 1. The summed E-state index contributed by atoms with van der Waals surface area (Å²) in [7, 11) is 0. The molecule has 0 amide bonds. The van der Waals surface area contributed by atoms with Gasteiger partial charge in [0.2, 0.25) is 5.78 Å². The molecule has 1 aliphatic heterocycles. The van der Waals surface area contributed by atoms with Gasteiger partial charge in [0.15, 0.2) is 18.0 Å². The summed E-state index contributed by atoms with van der Waals surface area (Å²) in [6, 6.07) is 8.83. The van der Waals surface area contributed by atoms with Crippen molar-refractivity contribution in [3.05, 3.63) is 41.7 Å². The highest BCUT2D eigenvalue weighted by molar-refractivity contribution is 7.99. The molecule has 0 aromatic heterocycles. The molecule has 1 aromatic carbocycles. The lowest BCUT2D eigenvalue weighted by atomic mass is 10.0. The molecule has 1 N–H and O–H groups in total. The number of hydrogen-bond acceptors (Lipinski definition) is 6. The Morgan fingerprint density at radius 3 is 2.61 bits per heavy atom. The third-order valence-electron chi connectivity index (χ3n) is 3.63. The molecule has 124 valence electrons. The predicted octanol–water partition coefficient (Wildman–Crippen LogP) is 2.90. The van der Waals surface area contributed by atoms with Crippen LogP contribution in [-0.2, 0) is 14.3 Å². The molecule has 23 heavy (non-hydrogen) atoms. The number of thioether (sulfide) groups is 1. The molecule has 1 heterocycles. The largest absolute Gasteiger partial charge is 0.507 e. The summed E-state index contributed by atoms with van der Waals surface area (Å²) in [5.74, 6) is -1.12. The maximum atomic E-state index is 12.4. The monoisotopic (exact) mass is 336 g/mol. The summed E-state index contributed by atoms with van der Waals surface area (Å²) in [5, 5.41) is 10.4. The molecule has 0 saturated heterocycles. The minimum Gasteiger partial charge on any atom is -0.507 e. The zero-order valence-electron chi connectivity index (χ0n) is 13.3. The van der Waals surface area contributed by atoms with E-state index in [-0.39, 0.29) is 16.6 Å². The van der Waals surface area contributed by atoms with Gasteiger partial charge in [-0.3, -0.25) is 4.79 Å². The molecule has 0 radical (unpaired) electrons.